The molecule has 5 nitrogen and oxygen atoms in total. The number of benzene rings is 1. The van der Waals surface area contributed by atoms with E-state index in [0.29, 0.717) is 17.3 Å². The normalized spacial score (nSPS) is 20.6. The second kappa shape index (κ2) is 5.40. The van der Waals surface area contributed by atoms with Crippen molar-refractivity contribution in [2.24, 2.45) is 0 Å². The van der Waals surface area contributed by atoms with Gasteiger partial charge in [-0.2, -0.15) is 4.31 Å². The third-order valence-corrected chi connectivity index (χ3v) is 6.12. The van der Waals surface area contributed by atoms with Crippen molar-refractivity contribution in [2.75, 3.05) is 6.54 Å². The molecule has 0 amide bonds. The molecule has 1 fully saturated rings. The lowest BCUT2D eigenvalue weighted by molar-refractivity contribution is -0.140. The van der Waals surface area contributed by atoms with Gasteiger partial charge in [0.25, 0.3) is 0 Å². The molecule has 1 aromatic carbocycles. The summed E-state index contributed by atoms with van der Waals surface area (Å²) < 4.78 is 26.4. The minimum Gasteiger partial charge on any atom is -0.480 e. The van der Waals surface area contributed by atoms with E-state index >= 15 is 0 Å². The topological polar surface area (TPSA) is 74.7 Å². The molecule has 0 aromatic heterocycles. The minimum absolute atomic E-state index is 0.00819. The van der Waals surface area contributed by atoms with E-state index in [1.807, 2.05) is 0 Å². The van der Waals surface area contributed by atoms with E-state index < -0.39 is 22.0 Å². The molecular weight excluding hydrogens is 358 g/mol. The van der Waals surface area contributed by atoms with Crippen molar-refractivity contribution in [3.8, 4) is 0 Å². The fourth-order valence-corrected chi connectivity index (χ4v) is 4.22. The van der Waals surface area contributed by atoms with Crippen molar-refractivity contribution in [2.45, 2.75) is 23.8 Å². The SMILES string of the molecule is O=C(O)[C@H]1CCCN1S(=O)(=O)c1ccc(Br)c(Cl)c1. The monoisotopic (exact) mass is 367 g/mol. The van der Waals surface area contributed by atoms with Gasteiger partial charge < -0.3 is 5.11 Å². The summed E-state index contributed by atoms with van der Waals surface area (Å²) in [6.45, 7) is 0.215. The van der Waals surface area contributed by atoms with E-state index in [2.05, 4.69) is 15.9 Å². The Labute approximate surface area is 124 Å². The Morgan fingerprint density at radius 2 is 2.16 bits per heavy atom. The van der Waals surface area contributed by atoms with Gasteiger partial charge in [0.2, 0.25) is 10.0 Å². The number of hydrogen-bond donors (Lipinski definition) is 1. The average molecular weight is 369 g/mol. The predicted molar refractivity (Wildman–Crippen MR) is 73.7 cm³/mol. The van der Waals surface area contributed by atoms with Crippen LogP contribution in [0.4, 0.5) is 0 Å². The van der Waals surface area contributed by atoms with E-state index in [0.717, 1.165) is 4.31 Å². The lowest BCUT2D eigenvalue weighted by Gasteiger charge is -2.21. The molecule has 0 spiro atoms. The number of carbonyl (C=O) groups is 1. The van der Waals surface area contributed by atoms with Crippen LogP contribution in [0.5, 0.6) is 0 Å². The summed E-state index contributed by atoms with van der Waals surface area (Å²) >= 11 is 9.06. The summed E-state index contributed by atoms with van der Waals surface area (Å²) in [5.74, 6) is -1.12. The predicted octanol–water partition coefficient (Wildman–Crippen LogP) is 2.34. The highest BCUT2D eigenvalue weighted by molar-refractivity contribution is 9.10. The zero-order valence-electron chi connectivity index (χ0n) is 9.71. The molecule has 1 N–H and O–H groups in total. The molecule has 19 heavy (non-hydrogen) atoms. The van der Waals surface area contributed by atoms with Crippen LogP contribution in [0.3, 0.4) is 0 Å². The van der Waals surface area contributed by atoms with Crippen molar-refractivity contribution in [3.05, 3.63) is 27.7 Å². The Balaban J connectivity index is 2.42. The van der Waals surface area contributed by atoms with Crippen LogP contribution in [-0.2, 0) is 14.8 Å². The Hall–Kier alpha value is -0.630. The van der Waals surface area contributed by atoms with Gasteiger partial charge in [0, 0.05) is 11.0 Å². The maximum Gasteiger partial charge on any atom is 0.322 e. The molecule has 0 unspecified atom stereocenters. The van der Waals surface area contributed by atoms with Crippen LogP contribution in [-0.4, -0.2) is 36.4 Å². The minimum atomic E-state index is -3.82. The number of hydrogen-bond acceptors (Lipinski definition) is 3. The van der Waals surface area contributed by atoms with Crippen LogP contribution in [0.15, 0.2) is 27.6 Å². The van der Waals surface area contributed by atoms with E-state index in [1.165, 1.54) is 18.2 Å². The lowest BCUT2D eigenvalue weighted by atomic mass is 10.2. The number of aliphatic carboxylic acids is 1. The molecule has 0 bridgehead atoms. The summed E-state index contributed by atoms with van der Waals surface area (Å²) in [7, 11) is -3.82. The van der Waals surface area contributed by atoms with Gasteiger partial charge >= 0.3 is 5.97 Å². The van der Waals surface area contributed by atoms with E-state index in [-0.39, 0.29) is 16.5 Å². The van der Waals surface area contributed by atoms with Gasteiger partial charge in [-0.05, 0) is 47.0 Å². The molecule has 1 aliphatic heterocycles. The number of halogens is 2. The molecule has 8 heteroatoms. The van der Waals surface area contributed by atoms with Crippen LogP contribution < -0.4 is 0 Å². The molecule has 104 valence electrons. The van der Waals surface area contributed by atoms with Crippen molar-refractivity contribution < 1.29 is 18.3 Å². The van der Waals surface area contributed by atoms with Gasteiger partial charge in [0.1, 0.15) is 6.04 Å². The van der Waals surface area contributed by atoms with E-state index in [1.54, 1.807) is 0 Å². The quantitative estimate of drug-likeness (QED) is 0.888. The molecule has 1 aromatic rings. The summed E-state index contributed by atoms with van der Waals surface area (Å²) in [5.41, 5.74) is 0. The van der Waals surface area contributed by atoms with Crippen molar-refractivity contribution in [1.82, 2.24) is 4.31 Å². The first-order valence-electron chi connectivity index (χ1n) is 5.54. The molecular formula is C11H11BrClNO4S. The van der Waals surface area contributed by atoms with Crippen LogP contribution in [0.1, 0.15) is 12.8 Å². The van der Waals surface area contributed by atoms with E-state index in [9.17, 15) is 13.2 Å². The van der Waals surface area contributed by atoms with Gasteiger partial charge in [-0.1, -0.05) is 11.6 Å². The first kappa shape index (κ1) is 14.8. The van der Waals surface area contributed by atoms with Crippen LogP contribution in [0, 0.1) is 0 Å². The third kappa shape index (κ3) is 2.79. The van der Waals surface area contributed by atoms with Crippen LogP contribution in [0.2, 0.25) is 5.02 Å². The maximum atomic E-state index is 12.4. The molecule has 0 saturated carbocycles. The number of carboxylic acids is 1. The van der Waals surface area contributed by atoms with Crippen molar-refractivity contribution >= 4 is 43.5 Å². The molecule has 0 radical (unpaired) electrons. The second-order valence-electron chi connectivity index (χ2n) is 4.19. The Morgan fingerprint density at radius 3 is 2.74 bits per heavy atom. The first-order chi connectivity index (χ1) is 8.84. The Bertz CT molecular complexity index is 619. The Morgan fingerprint density at radius 1 is 1.47 bits per heavy atom. The summed E-state index contributed by atoms with van der Waals surface area (Å²) in [5, 5.41) is 9.32. The van der Waals surface area contributed by atoms with Crippen molar-refractivity contribution in [3.63, 3.8) is 0 Å². The molecule has 1 aliphatic rings. The highest BCUT2D eigenvalue weighted by atomic mass is 79.9. The van der Waals surface area contributed by atoms with Gasteiger partial charge in [-0.25, -0.2) is 8.42 Å². The fourth-order valence-electron chi connectivity index (χ4n) is 2.05. The standard InChI is InChI=1S/C11H11BrClNO4S/c12-8-4-3-7(6-9(8)13)19(17,18)14-5-1-2-10(14)11(15)16/h3-4,6,10H,1-2,5H2,(H,15,16)/t10-/m1/s1. The smallest absolute Gasteiger partial charge is 0.322 e. The third-order valence-electron chi connectivity index (χ3n) is 2.99. The van der Waals surface area contributed by atoms with Crippen LogP contribution >= 0.6 is 27.5 Å². The fraction of sp³-hybridized carbons (Fsp3) is 0.364. The Kier molecular flexibility index (Phi) is 4.20. The molecule has 1 heterocycles. The molecule has 1 atom stereocenters. The van der Waals surface area contributed by atoms with Gasteiger partial charge in [0.05, 0.1) is 9.92 Å². The zero-order valence-corrected chi connectivity index (χ0v) is 12.9. The lowest BCUT2D eigenvalue weighted by Crippen LogP contribution is -2.40. The molecule has 2 rings (SSSR count). The highest BCUT2D eigenvalue weighted by Crippen LogP contribution is 2.30. The highest BCUT2D eigenvalue weighted by Gasteiger charge is 2.39. The number of sulfonamides is 1. The summed E-state index contributed by atoms with van der Waals surface area (Å²) in [4.78, 5) is 11.1. The number of rotatable bonds is 3. The second-order valence-corrected chi connectivity index (χ2v) is 7.34. The maximum absolute atomic E-state index is 12.4. The van der Waals surface area contributed by atoms with Gasteiger partial charge in [0.15, 0.2) is 0 Å². The summed E-state index contributed by atoms with van der Waals surface area (Å²) in [6.07, 6.45) is 0.874. The van der Waals surface area contributed by atoms with Crippen molar-refractivity contribution in [1.29, 1.82) is 0 Å². The largest absolute Gasteiger partial charge is 0.480 e. The first-order valence-corrected chi connectivity index (χ1v) is 8.15. The molecule has 0 aliphatic carbocycles. The van der Waals surface area contributed by atoms with Gasteiger partial charge in [-0.15, -0.1) is 0 Å². The number of nitrogens with zero attached hydrogens (tertiary/aromatic N) is 1. The van der Waals surface area contributed by atoms with Gasteiger partial charge in [-0.3, -0.25) is 4.79 Å². The van der Waals surface area contributed by atoms with Crippen LogP contribution in [0.25, 0.3) is 0 Å². The number of carboxylic acid groups (broad SMARTS) is 1. The zero-order chi connectivity index (χ0) is 14.2. The average Bonchev–Trinajstić information content (AvgIpc) is 2.82. The molecule has 1 saturated heterocycles. The van der Waals surface area contributed by atoms with E-state index in [4.69, 9.17) is 16.7 Å². The summed E-state index contributed by atoms with van der Waals surface area (Å²) in [6, 6.07) is 3.26.